The van der Waals surface area contributed by atoms with Crippen LogP contribution in [-0.4, -0.2) is 66.4 Å². The van der Waals surface area contributed by atoms with Crippen molar-refractivity contribution >= 4 is 27.4 Å². The molecular formula is C24H29N7O4S. The van der Waals surface area contributed by atoms with Crippen molar-refractivity contribution in [2.24, 2.45) is 0 Å². The zero-order valence-corrected chi connectivity index (χ0v) is 21.2. The third kappa shape index (κ3) is 6.95. The van der Waals surface area contributed by atoms with Gasteiger partial charge in [0.2, 0.25) is 0 Å². The Morgan fingerprint density at radius 2 is 1.92 bits per heavy atom. The van der Waals surface area contributed by atoms with E-state index in [1.165, 1.54) is 6.26 Å². The molecule has 36 heavy (non-hydrogen) atoms. The molecule has 1 fully saturated rings. The smallest absolute Gasteiger partial charge is 0.319 e. The maximum atomic E-state index is 12.3. The summed E-state index contributed by atoms with van der Waals surface area (Å²) in [4.78, 5) is 32.0. The predicted molar refractivity (Wildman–Crippen MR) is 136 cm³/mol. The first-order valence-corrected chi connectivity index (χ1v) is 13.6. The molecule has 2 aromatic heterocycles. The quantitative estimate of drug-likeness (QED) is 0.489. The second-order valence-electron chi connectivity index (χ2n) is 8.76. The van der Waals surface area contributed by atoms with E-state index in [9.17, 15) is 13.2 Å². The van der Waals surface area contributed by atoms with E-state index in [1.54, 1.807) is 42.7 Å². The van der Waals surface area contributed by atoms with Gasteiger partial charge in [0.05, 0.1) is 54.8 Å². The Hall–Kier alpha value is -3.64. The lowest BCUT2D eigenvalue weighted by molar-refractivity contribution is 0.0985. The summed E-state index contributed by atoms with van der Waals surface area (Å²) in [6, 6.07) is 8.50. The third-order valence-electron chi connectivity index (χ3n) is 5.50. The molecule has 4 rings (SSSR count). The molecule has 0 spiro atoms. The summed E-state index contributed by atoms with van der Waals surface area (Å²) in [5.41, 5.74) is 3.18. The summed E-state index contributed by atoms with van der Waals surface area (Å²) in [7, 11) is -3.28. The van der Waals surface area contributed by atoms with E-state index >= 15 is 0 Å². The maximum absolute atomic E-state index is 12.3. The van der Waals surface area contributed by atoms with E-state index in [2.05, 4.69) is 30.5 Å². The lowest BCUT2D eigenvalue weighted by Crippen LogP contribution is -2.44. The lowest BCUT2D eigenvalue weighted by atomic mass is 10.2. The van der Waals surface area contributed by atoms with Gasteiger partial charge in [0, 0.05) is 36.3 Å². The number of sulfone groups is 1. The molecule has 1 saturated heterocycles. The van der Waals surface area contributed by atoms with Crippen LogP contribution in [0.2, 0.25) is 0 Å². The standard InChI is InChI=1S/C24H29N7O4S/c1-16-11-26-21(12-25-16)13-27-24(32)29-19-6-4-18(5-7-19)23-28-20(15-36(3,33)34)10-22(30-23)31-8-9-35-14-17(31)2/h4-7,10-12,17H,8-9,13-15H2,1-3H3,(H2,27,29,32)/t17-/m0/s1. The Kier molecular flexibility index (Phi) is 7.75. The number of nitrogens with one attached hydrogen (secondary N) is 2. The topological polar surface area (TPSA) is 139 Å². The molecule has 0 saturated carbocycles. The van der Waals surface area contributed by atoms with Crippen LogP contribution in [-0.2, 0) is 26.9 Å². The molecule has 3 heterocycles. The summed E-state index contributed by atoms with van der Waals surface area (Å²) < 4.78 is 29.4. The monoisotopic (exact) mass is 511 g/mol. The van der Waals surface area contributed by atoms with Gasteiger partial charge in [0.1, 0.15) is 5.82 Å². The summed E-state index contributed by atoms with van der Waals surface area (Å²) in [6.07, 6.45) is 4.45. The fraction of sp³-hybridized carbons (Fsp3) is 0.375. The number of amides is 2. The van der Waals surface area contributed by atoms with E-state index in [4.69, 9.17) is 9.72 Å². The van der Waals surface area contributed by atoms with Crippen molar-refractivity contribution in [3.8, 4) is 11.4 Å². The van der Waals surface area contributed by atoms with Gasteiger partial charge in [-0.1, -0.05) is 0 Å². The molecule has 1 aliphatic heterocycles. The second-order valence-corrected chi connectivity index (χ2v) is 10.9. The molecule has 3 aromatic rings. The molecule has 1 aliphatic rings. The van der Waals surface area contributed by atoms with Crippen LogP contribution in [0.3, 0.4) is 0 Å². The number of hydrogen-bond donors (Lipinski definition) is 2. The molecular weight excluding hydrogens is 482 g/mol. The summed E-state index contributed by atoms with van der Waals surface area (Å²) in [6.45, 7) is 5.93. The molecule has 0 aliphatic carbocycles. The molecule has 0 bridgehead atoms. The van der Waals surface area contributed by atoms with Gasteiger partial charge in [-0.15, -0.1) is 0 Å². The van der Waals surface area contributed by atoms with Gasteiger partial charge in [0.25, 0.3) is 0 Å². The highest BCUT2D eigenvalue weighted by atomic mass is 32.2. The number of carbonyl (C=O) groups excluding carboxylic acids is 1. The van der Waals surface area contributed by atoms with Crippen molar-refractivity contribution in [1.82, 2.24) is 25.3 Å². The van der Waals surface area contributed by atoms with E-state index in [-0.39, 0.29) is 24.4 Å². The van der Waals surface area contributed by atoms with Crippen molar-refractivity contribution in [2.75, 3.05) is 36.2 Å². The number of hydrogen-bond acceptors (Lipinski definition) is 9. The normalized spacial score (nSPS) is 16.0. The molecule has 1 aromatic carbocycles. The molecule has 0 unspecified atom stereocenters. The van der Waals surface area contributed by atoms with E-state index in [0.29, 0.717) is 54.0 Å². The average molecular weight is 512 g/mol. The number of aryl methyl sites for hydroxylation is 1. The minimum atomic E-state index is -3.28. The van der Waals surface area contributed by atoms with Gasteiger partial charge in [-0.3, -0.25) is 9.97 Å². The van der Waals surface area contributed by atoms with Crippen LogP contribution in [0.4, 0.5) is 16.3 Å². The number of aromatic nitrogens is 4. The van der Waals surface area contributed by atoms with E-state index in [0.717, 1.165) is 5.69 Å². The van der Waals surface area contributed by atoms with Crippen molar-refractivity contribution in [1.29, 1.82) is 0 Å². The van der Waals surface area contributed by atoms with Gasteiger partial charge >= 0.3 is 6.03 Å². The highest BCUT2D eigenvalue weighted by Crippen LogP contribution is 2.25. The Morgan fingerprint density at radius 3 is 2.58 bits per heavy atom. The highest BCUT2D eigenvalue weighted by molar-refractivity contribution is 7.89. The van der Waals surface area contributed by atoms with E-state index < -0.39 is 9.84 Å². The first-order valence-electron chi connectivity index (χ1n) is 11.5. The van der Waals surface area contributed by atoms with Crippen LogP contribution < -0.4 is 15.5 Å². The number of urea groups is 1. The average Bonchev–Trinajstić information content (AvgIpc) is 2.83. The van der Waals surface area contributed by atoms with Crippen molar-refractivity contribution in [3.05, 3.63) is 59.8 Å². The van der Waals surface area contributed by atoms with Crippen molar-refractivity contribution < 1.29 is 17.9 Å². The molecule has 0 radical (unpaired) electrons. The van der Waals surface area contributed by atoms with Crippen molar-refractivity contribution in [2.45, 2.75) is 32.2 Å². The molecule has 1 atom stereocenters. The number of morpholine rings is 1. The van der Waals surface area contributed by atoms with Crippen molar-refractivity contribution in [3.63, 3.8) is 0 Å². The molecule has 12 heteroatoms. The second kappa shape index (κ2) is 11.0. The summed E-state index contributed by atoms with van der Waals surface area (Å²) in [5.74, 6) is 0.897. The first kappa shape index (κ1) is 25.5. The Morgan fingerprint density at radius 1 is 1.14 bits per heavy atom. The van der Waals surface area contributed by atoms with Crippen LogP contribution in [0, 0.1) is 6.92 Å². The molecule has 2 amide bonds. The number of nitrogens with zero attached hydrogens (tertiary/aromatic N) is 5. The van der Waals surface area contributed by atoms with Gasteiger partial charge in [-0.2, -0.15) is 0 Å². The number of ether oxygens (including phenoxy) is 1. The number of benzene rings is 1. The minimum absolute atomic E-state index is 0.101. The Bertz CT molecular complexity index is 1320. The third-order valence-corrected chi connectivity index (χ3v) is 6.32. The van der Waals surface area contributed by atoms with E-state index in [1.807, 2.05) is 13.8 Å². The minimum Gasteiger partial charge on any atom is -0.377 e. The Labute approximate surface area is 210 Å². The molecule has 2 N–H and O–H groups in total. The highest BCUT2D eigenvalue weighted by Gasteiger charge is 2.22. The van der Waals surface area contributed by atoms with Gasteiger partial charge in [0.15, 0.2) is 15.7 Å². The number of carbonyl (C=O) groups is 1. The maximum Gasteiger partial charge on any atom is 0.319 e. The van der Waals surface area contributed by atoms with Crippen LogP contribution in [0.5, 0.6) is 0 Å². The van der Waals surface area contributed by atoms with Crippen LogP contribution in [0.25, 0.3) is 11.4 Å². The number of anilines is 2. The fourth-order valence-corrected chi connectivity index (χ4v) is 4.41. The molecule has 190 valence electrons. The molecule has 11 nitrogen and oxygen atoms in total. The van der Waals surface area contributed by atoms with Crippen LogP contribution in [0.1, 0.15) is 24.0 Å². The zero-order valence-electron chi connectivity index (χ0n) is 20.4. The van der Waals surface area contributed by atoms with Crippen LogP contribution in [0.15, 0.2) is 42.7 Å². The first-order chi connectivity index (χ1) is 17.2. The fourth-order valence-electron chi connectivity index (χ4n) is 3.73. The largest absolute Gasteiger partial charge is 0.377 e. The number of rotatable bonds is 7. The van der Waals surface area contributed by atoms with Crippen LogP contribution >= 0.6 is 0 Å². The summed E-state index contributed by atoms with van der Waals surface area (Å²) >= 11 is 0. The predicted octanol–water partition coefficient (Wildman–Crippen LogP) is 2.33. The Balaban J connectivity index is 1.49. The zero-order chi connectivity index (χ0) is 25.7. The van der Waals surface area contributed by atoms with Gasteiger partial charge < -0.3 is 20.3 Å². The van der Waals surface area contributed by atoms with Gasteiger partial charge in [-0.25, -0.2) is 23.2 Å². The lowest BCUT2D eigenvalue weighted by Gasteiger charge is -2.34. The van der Waals surface area contributed by atoms with Gasteiger partial charge in [-0.05, 0) is 38.1 Å². The summed E-state index contributed by atoms with van der Waals surface area (Å²) in [5, 5.41) is 5.51. The SMILES string of the molecule is Cc1cnc(CNC(=O)Nc2ccc(-c3nc(CS(C)(=O)=O)cc(N4CCOC[C@@H]4C)n3)cc2)cn1.